The topological polar surface area (TPSA) is 375 Å². The zero-order valence-electron chi connectivity index (χ0n) is 27.9. The number of nitrogen functional groups attached to an aromatic ring is 1. The number of ether oxygens (including phenoxy) is 2. The number of phosphoric acid groups is 3. The van der Waals surface area contributed by atoms with Crippen molar-refractivity contribution in [1.29, 1.82) is 0 Å². The molecule has 2 aromatic rings. The standard InChI is InChI=1S/C21H30N7O17P3.4Na/c22-17-12-19(25-7-24-17)28(8-26-12)21-16(44-46(33,34)35)14(30)11(43-21)6-41-48(38,39)45-47(36,37)40-5-10-13(29)15(31)20(42-10)27-3-1-2-9(4-27)18(23)32;;;;/h1,3-4,7-8,10-11,13-16,20-21,29-31H,2,5-6H2,(H2,23,32)(H,36,37)(H,38,39)(H2,22,24,25)(H2,33,34,35);;;;/q;4*+1/p-4/t10-,11-,13+,14-,15+,16+,20+,21+;;;;/m1..../s1. The van der Waals surface area contributed by atoms with E-state index in [0.29, 0.717) is 0 Å². The summed E-state index contributed by atoms with van der Waals surface area (Å²) in [7, 11) is -17.4. The Kier molecular flexibility index (Phi) is 20.5. The summed E-state index contributed by atoms with van der Waals surface area (Å²) < 4.78 is 65.6. The number of carbonyl (C=O) groups is 1. The Labute approximate surface area is 382 Å². The number of primary amides is 1. The van der Waals surface area contributed by atoms with Crippen LogP contribution in [0.1, 0.15) is 12.6 Å². The molecule has 31 heteroatoms. The van der Waals surface area contributed by atoms with Crippen LogP contribution in [0.2, 0.25) is 0 Å². The zero-order valence-corrected chi connectivity index (χ0v) is 38.6. The van der Waals surface area contributed by atoms with Crippen molar-refractivity contribution in [2.45, 2.75) is 55.5 Å². The monoisotopic (exact) mass is 833 g/mol. The number of aliphatic hydroxyl groups is 3. The number of hydrogen-bond donors (Lipinski definition) is 5. The van der Waals surface area contributed by atoms with E-state index in [1.165, 1.54) is 23.4 Å². The molecule has 2 saturated heterocycles. The van der Waals surface area contributed by atoms with E-state index in [9.17, 15) is 53.4 Å². The van der Waals surface area contributed by atoms with Crippen LogP contribution in [0, 0.1) is 0 Å². The van der Waals surface area contributed by atoms with E-state index in [1.54, 1.807) is 0 Å². The summed E-state index contributed by atoms with van der Waals surface area (Å²) in [5.41, 5.74) is 11.1. The predicted octanol–water partition coefficient (Wildman–Crippen LogP) is -17.1. The SMILES string of the molecule is NC(=O)C1=CN([C@H]2O[C@H](COP(=O)([O-])OP(=O)([O-])OC[C@H]3O[C@H](n4cnc5c(N)ncnc54)[C@@H](OP(=O)([O-])[O-])[C@@H]3O)[C@H](O)[C@@H]2O)C=CC1.[Na+].[Na+].[Na+].[Na+]. The molecule has 266 valence electrons. The van der Waals surface area contributed by atoms with E-state index >= 15 is 0 Å². The molecular weight excluding hydrogens is 807 g/mol. The number of nitrogens with two attached hydrogens (primary N) is 2. The molecule has 2 fully saturated rings. The number of rotatable bonds is 13. The molecule has 3 aliphatic heterocycles. The fourth-order valence-corrected chi connectivity index (χ4v) is 7.45. The Morgan fingerprint density at radius 2 is 1.48 bits per heavy atom. The van der Waals surface area contributed by atoms with Gasteiger partial charge < -0.3 is 78.9 Å². The fraction of sp³-hybridized carbons (Fsp3) is 0.524. The second-order valence-corrected chi connectivity index (χ2v) is 14.4. The van der Waals surface area contributed by atoms with Gasteiger partial charge in [-0.1, -0.05) is 6.08 Å². The van der Waals surface area contributed by atoms with Gasteiger partial charge in [0.1, 0.15) is 48.5 Å². The third kappa shape index (κ3) is 12.6. The molecule has 0 spiro atoms. The van der Waals surface area contributed by atoms with Crippen LogP contribution in [0.25, 0.3) is 11.2 Å². The van der Waals surface area contributed by atoms with Crippen molar-refractivity contribution in [2.75, 3.05) is 18.9 Å². The molecule has 5 heterocycles. The van der Waals surface area contributed by atoms with Gasteiger partial charge in [0, 0.05) is 18.0 Å². The molecule has 0 radical (unpaired) electrons. The molecule has 0 aliphatic carbocycles. The molecule has 0 aromatic carbocycles. The first kappa shape index (κ1) is 51.3. The number of imidazole rings is 1. The zero-order chi connectivity index (χ0) is 35.2. The average molecular weight is 833 g/mol. The van der Waals surface area contributed by atoms with Crippen LogP contribution in [-0.4, -0.2) is 102 Å². The second-order valence-electron chi connectivity index (χ2n) is 10.3. The summed E-state index contributed by atoms with van der Waals surface area (Å²) in [6.07, 6.45) is -7.38. The Hall–Kier alpha value is 1.27. The van der Waals surface area contributed by atoms with Crippen LogP contribution in [0.4, 0.5) is 5.82 Å². The predicted molar refractivity (Wildman–Crippen MR) is 144 cm³/mol. The van der Waals surface area contributed by atoms with Crippen molar-refractivity contribution < 1.29 is 199 Å². The maximum Gasteiger partial charge on any atom is 1.00 e. The molecule has 3 aliphatic rings. The van der Waals surface area contributed by atoms with Gasteiger partial charge in [0.15, 0.2) is 23.9 Å². The summed E-state index contributed by atoms with van der Waals surface area (Å²) in [6.45, 7) is -2.26. The normalized spacial score (nSPS) is 29.4. The number of carbonyl (C=O) groups excluding carboxylic acids is 1. The fourth-order valence-electron chi connectivity index (χ4n) is 4.91. The van der Waals surface area contributed by atoms with Gasteiger partial charge in [0.25, 0.3) is 15.6 Å². The second kappa shape index (κ2) is 20.8. The number of nitrogens with zero attached hydrogens (tertiary/aromatic N) is 5. The number of allylic oxidation sites excluding steroid dienone is 1. The van der Waals surface area contributed by atoms with Gasteiger partial charge in [-0.3, -0.25) is 18.5 Å². The van der Waals surface area contributed by atoms with Gasteiger partial charge in [-0.2, -0.15) is 0 Å². The maximum absolute atomic E-state index is 12.4. The van der Waals surface area contributed by atoms with Crippen molar-refractivity contribution in [1.82, 2.24) is 24.4 Å². The minimum atomic E-state index is -5.86. The maximum atomic E-state index is 12.4. The van der Waals surface area contributed by atoms with Gasteiger partial charge in [-0.05, 0) is 6.42 Å². The minimum absolute atomic E-state index is 0. The number of amides is 1. The third-order valence-corrected chi connectivity index (χ3v) is 10.1. The number of aromatic nitrogens is 4. The number of hydrogen-bond acceptors (Lipinski definition) is 22. The molecule has 0 saturated carbocycles. The first-order chi connectivity index (χ1) is 22.4. The van der Waals surface area contributed by atoms with Gasteiger partial charge in [-0.15, -0.1) is 0 Å². The van der Waals surface area contributed by atoms with E-state index in [1.807, 2.05) is 0 Å². The summed E-state index contributed by atoms with van der Waals surface area (Å²) in [5, 5.41) is 31.4. The number of aliphatic hydroxyl groups excluding tert-OH is 3. The van der Waals surface area contributed by atoms with Crippen LogP contribution < -0.4 is 149 Å². The first-order valence-corrected chi connectivity index (χ1v) is 17.8. The molecule has 52 heavy (non-hydrogen) atoms. The molecule has 24 nitrogen and oxygen atoms in total. The Morgan fingerprint density at radius 3 is 2.06 bits per heavy atom. The van der Waals surface area contributed by atoms with E-state index in [-0.39, 0.29) is 147 Å². The van der Waals surface area contributed by atoms with E-state index < -0.39 is 91.7 Å². The van der Waals surface area contributed by atoms with Crippen LogP contribution >= 0.6 is 23.5 Å². The van der Waals surface area contributed by atoms with Gasteiger partial charge in [-0.25, -0.2) is 19.3 Å². The molecule has 7 N–H and O–H groups in total. The third-order valence-electron chi connectivity index (χ3n) is 7.09. The summed E-state index contributed by atoms with van der Waals surface area (Å²) in [5.74, 6) is -0.849. The molecular formula is C21H26N7Na4O17P3. The summed E-state index contributed by atoms with van der Waals surface area (Å²) in [6, 6.07) is 0. The Balaban J connectivity index is 0.00000338. The van der Waals surface area contributed by atoms with Crippen LogP contribution in [-0.2, 0) is 45.8 Å². The quantitative estimate of drug-likeness (QED) is 0.0924. The van der Waals surface area contributed by atoms with Crippen molar-refractivity contribution in [2.24, 2.45) is 5.73 Å². The average Bonchev–Trinajstić information content (AvgIpc) is 3.64. The molecule has 2 unspecified atom stereocenters. The smallest absolute Gasteiger partial charge is 0.790 e. The molecule has 0 bridgehead atoms. The van der Waals surface area contributed by atoms with Crippen molar-refractivity contribution in [3.63, 3.8) is 0 Å². The first-order valence-electron chi connectivity index (χ1n) is 13.4. The van der Waals surface area contributed by atoms with Crippen molar-refractivity contribution in [3.05, 3.63) is 36.7 Å². The molecule has 5 rings (SSSR count). The van der Waals surface area contributed by atoms with Gasteiger partial charge in [0.2, 0.25) is 5.91 Å². The van der Waals surface area contributed by atoms with E-state index in [0.717, 1.165) is 17.2 Å². The largest absolute Gasteiger partial charge is 1.00 e. The summed E-state index contributed by atoms with van der Waals surface area (Å²) >= 11 is 0. The number of anilines is 1. The van der Waals surface area contributed by atoms with Crippen LogP contribution in [0.3, 0.4) is 0 Å². The summed E-state index contributed by atoms with van der Waals surface area (Å²) in [4.78, 5) is 71.8. The number of phosphoric ester groups is 3. The van der Waals surface area contributed by atoms with Crippen molar-refractivity contribution in [3.8, 4) is 0 Å². The van der Waals surface area contributed by atoms with E-state index in [4.69, 9.17) is 20.9 Å². The molecule has 1 amide bonds. The van der Waals surface area contributed by atoms with Gasteiger partial charge in [0.05, 0.1) is 27.4 Å². The minimum Gasteiger partial charge on any atom is -0.790 e. The molecule has 2 aromatic heterocycles. The van der Waals surface area contributed by atoms with Crippen molar-refractivity contribution >= 4 is 46.4 Å². The number of fused-ring (bicyclic) bond motifs is 1. The van der Waals surface area contributed by atoms with Crippen LogP contribution in [0.15, 0.2) is 36.7 Å². The van der Waals surface area contributed by atoms with E-state index in [2.05, 4.69) is 32.8 Å². The van der Waals surface area contributed by atoms with Gasteiger partial charge >= 0.3 is 118 Å². The Morgan fingerprint density at radius 1 is 0.904 bits per heavy atom. The Bertz CT molecular complexity index is 1760. The van der Waals surface area contributed by atoms with Crippen LogP contribution in [0.5, 0.6) is 0 Å². The molecule has 10 atom stereocenters.